The zero-order chi connectivity index (χ0) is 18.7. The van der Waals surface area contributed by atoms with Crippen LogP contribution in [-0.2, 0) is 4.79 Å². The van der Waals surface area contributed by atoms with Crippen molar-refractivity contribution in [1.29, 1.82) is 0 Å². The van der Waals surface area contributed by atoms with Gasteiger partial charge in [-0.25, -0.2) is 4.79 Å². The third kappa shape index (κ3) is 3.70. The molecular formula is C20H22N2O4. The number of rotatable bonds is 6. The number of hydrogen-bond donors (Lipinski definition) is 1. The van der Waals surface area contributed by atoms with E-state index in [1.165, 1.54) is 4.90 Å². The molecular weight excluding hydrogens is 332 g/mol. The standard InChI is InChI=1S/C20H22N2O4/c1-14-8-10-16(11-9-14)22-15(2)19(24)21(20(22)25)12-17(23)13-26-18-6-4-3-5-7-18/h3-11,15,17,23H,12-13H2,1-2H3/t15-,17+/m1/s1. The fraction of sp³-hybridized carbons (Fsp3) is 0.300. The van der Waals surface area contributed by atoms with Crippen LogP contribution in [0.5, 0.6) is 5.75 Å². The van der Waals surface area contributed by atoms with E-state index in [0.29, 0.717) is 11.4 Å². The van der Waals surface area contributed by atoms with Crippen molar-refractivity contribution in [2.24, 2.45) is 0 Å². The highest BCUT2D eigenvalue weighted by Crippen LogP contribution is 2.26. The lowest BCUT2D eigenvalue weighted by molar-refractivity contribution is -0.128. The molecule has 1 saturated heterocycles. The number of benzene rings is 2. The zero-order valence-corrected chi connectivity index (χ0v) is 14.8. The molecule has 1 aliphatic heterocycles. The van der Waals surface area contributed by atoms with E-state index in [2.05, 4.69) is 0 Å². The molecule has 136 valence electrons. The van der Waals surface area contributed by atoms with E-state index in [0.717, 1.165) is 10.5 Å². The summed E-state index contributed by atoms with van der Waals surface area (Å²) in [4.78, 5) is 27.7. The summed E-state index contributed by atoms with van der Waals surface area (Å²) < 4.78 is 5.49. The molecule has 6 nitrogen and oxygen atoms in total. The van der Waals surface area contributed by atoms with Gasteiger partial charge in [0.15, 0.2) is 0 Å². The second-order valence-electron chi connectivity index (χ2n) is 6.39. The molecule has 2 aromatic carbocycles. The van der Waals surface area contributed by atoms with Crippen molar-refractivity contribution in [3.63, 3.8) is 0 Å². The van der Waals surface area contributed by atoms with Gasteiger partial charge in [-0.3, -0.25) is 14.6 Å². The normalized spacial score (nSPS) is 18.3. The number of aryl methyl sites for hydroxylation is 1. The Morgan fingerprint density at radius 2 is 1.73 bits per heavy atom. The fourth-order valence-corrected chi connectivity index (χ4v) is 2.91. The van der Waals surface area contributed by atoms with E-state index in [1.54, 1.807) is 19.1 Å². The lowest BCUT2D eigenvalue weighted by Crippen LogP contribution is -2.40. The Balaban J connectivity index is 1.65. The summed E-state index contributed by atoms with van der Waals surface area (Å²) in [5.74, 6) is 0.301. The quantitative estimate of drug-likeness (QED) is 0.810. The maximum absolute atomic E-state index is 12.7. The van der Waals surface area contributed by atoms with Crippen molar-refractivity contribution < 1.29 is 19.4 Å². The Labute approximate surface area is 152 Å². The van der Waals surface area contributed by atoms with Gasteiger partial charge >= 0.3 is 6.03 Å². The molecule has 0 aromatic heterocycles. The predicted octanol–water partition coefficient (Wildman–Crippen LogP) is 2.59. The number of aliphatic hydroxyl groups is 1. The van der Waals surface area contributed by atoms with Gasteiger partial charge in [-0.2, -0.15) is 0 Å². The van der Waals surface area contributed by atoms with Crippen LogP contribution in [0.3, 0.4) is 0 Å². The molecule has 1 N–H and O–H groups in total. The largest absolute Gasteiger partial charge is 0.491 e. The monoisotopic (exact) mass is 354 g/mol. The summed E-state index contributed by atoms with van der Waals surface area (Å²) in [6.45, 7) is 3.55. The van der Waals surface area contributed by atoms with Crippen LogP contribution in [0.2, 0.25) is 0 Å². The smallest absolute Gasteiger partial charge is 0.332 e. The van der Waals surface area contributed by atoms with Crippen LogP contribution in [-0.4, -0.2) is 47.2 Å². The number of aliphatic hydroxyl groups excluding tert-OH is 1. The number of amides is 3. The van der Waals surface area contributed by atoms with Crippen molar-refractivity contribution in [2.45, 2.75) is 26.0 Å². The first-order valence-corrected chi connectivity index (χ1v) is 8.54. The molecule has 1 heterocycles. The highest BCUT2D eigenvalue weighted by molar-refractivity contribution is 6.14. The third-order valence-electron chi connectivity index (χ3n) is 4.34. The van der Waals surface area contributed by atoms with E-state index in [1.807, 2.05) is 49.4 Å². The Kier molecular flexibility index (Phi) is 5.23. The fourth-order valence-electron chi connectivity index (χ4n) is 2.91. The third-order valence-corrected chi connectivity index (χ3v) is 4.34. The van der Waals surface area contributed by atoms with Crippen LogP contribution in [0.25, 0.3) is 0 Å². The zero-order valence-electron chi connectivity index (χ0n) is 14.8. The lowest BCUT2D eigenvalue weighted by Gasteiger charge is -2.21. The molecule has 26 heavy (non-hydrogen) atoms. The number of imide groups is 1. The van der Waals surface area contributed by atoms with Crippen LogP contribution < -0.4 is 9.64 Å². The number of hydrogen-bond acceptors (Lipinski definition) is 4. The maximum Gasteiger partial charge on any atom is 0.332 e. The van der Waals surface area contributed by atoms with Gasteiger partial charge in [0, 0.05) is 5.69 Å². The van der Waals surface area contributed by atoms with E-state index in [-0.39, 0.29) is 19.1 Å². The number of ether oxygens (including phenoxy) is 1. The topological polar surface area (TPSA) is 70.1 Å². The van der Waals surface area contributed by atoms with E-state index in [9.17, 15) is 14.7 Å². The lowest BCUT2D eigenvalue weighted by atomic mass is 10.2. The number of para-hydroxylation sites is 1. The van der Waals surface area contributed by atoms with E-state index in [4.69, 9.17) is 4.74 Å². The molecule has 6 heteroatoms. The van der Waals surface area contributed by atoms with Crippen LogP contribution in [0.1, 0.15) is 12.5 Å². The number of nitrogens with zero attached hydrogens (tertiary/aromatic N) is 2. The molecule has 1 aliphatic rings. The molecule has 0 bridgehead atoms. The molecule has 0 unspecified atom stereocenters. The van der Waals surface area contributed by atoms with Gasteiger partial charge in [0.2, 0.25) is 0 Å². The number of carbonyl (C=O) groups excluding carboxylic acids is 2. The SMILES string of the molecule is Cc1ccc(N2C(=O)N(C[C@H](O)COc3ccccc3)C(=O)[C@H]2C)cc1. The second-order valence-corrected chi connectivity index (χ2v) is 6.39. The second kappa shape index (κ2) is 7.58. The minimum atomic E-state index is -0.965. The highest BCUT2D eigenvalue weighted by Gasteiger charge is 2.43. The number of β-amino-alcohol motifs (C(OH)–C–C–N with tert-alkyl or cyclic N) is 1. The summed E-state index contributed by atoms with van der Waals surface area (Å²) in [5, 5.41) is 10.2. The Hall–Kier alpha value is -2.86. The summed E-state index contributed by atoms with van der Waals surface area (Å²) >= 11 is 0. The molecule has 0 radical (unpaired) electrons. The first-order valence-electron chi connectivity index (χ1n) is 8.54. The van der Waals surface area contributed by atoms with Crippen molar-refractivity contribution in [3.8, 4) is 5.75 Å². The molecule has 2 atom stereocenters. The minimum Gasteiger partial charge on any atom is -0.491 e. The number of urea groups is 1. The van der Waals surface area contributed by atoms with Crippen LogP contribution in [0, 0.1) is 6.92 Å². The summed E-state index contributed by atoms with van der Waals surface area (Å²) in [6.07, 6.45) is -0.965. The van der Waals surface area contributed by atoms with Gasteiger partial charge in [-0.1, -0.05) is 35.9 Å². The van der Waals surface area contributed by atoms with Crippen LogP contribution in [0.15, 0.2) is 54.6 Å². The van der Waals surface area contributed by atoms with Crippen LogP contribution in [0.4, 0.5) is 10.5 Å². The minimum absolute atomic E-state index is 0.0000139. The molecule has 3 rings (SSSR count). The van der Waals surface area contributed by atoms with Crippen molar-refractivity contribution in [2.75, 3.05) is 18.1 Å². The van der Waals surface area contributed by atoms with Crippen LogP contribution >= 0.6 is 0 Å². The Bertz CT molecular complexity index is 776. The van der Waals surface area contributed by atoms with Gasteiger partial charge in [0.25, 0.3) is 5.91 Å². The first kappa shape index (κ1) is 17.9. The molecule has 0 spiro atoms. The molecule has 0 aliphatic carbocycles. The Morgan fingerprint density at radius 1 is 1.08 bits per heavy atom. The van der Waals surface area contributed by atoms with Gasteiger partial charge in [0.1, 0.15) is 24.5 Å². The number of carbonyl (C=O) groups is 2. The van der Waals surface area contributed by atoms with Crippen molar-refractivity contribution in [3.05, 3.63) is 60.2 Å². The van der Waals surface area contributed by atoms with Gasteiger partial charge in [-0.05, 0) is 38.1 Å². The average Bonchev–Trinajstić information content (AvgIpc) is 2.85. The van der Waals surface area contributed by atoms with Gasteiger partial charge < -0.3 is 9.84 Å². The summed E-state index contributed by atoms with van der Waals surface area (Å²) in [6, 6.07) is 15.5. The molecule has 3 amide bonds. The molecule has 1 fully saturated rings. The van der Waals surface area contributed by atoms with E-state index >= 15 is 0 Å². The van der Waals surface area contributed by atoms with Gasteiger partial charge in [0.05, 0.1) is 6.54 Å². The first-order chi connectivity index (χ1) is 12.5. The Morgan fingerprint density at radius 3 is 2.38 bits per heavy atom. The summed E-state index contributed by atoms with van der Waals surface area (Å²) in [7, 11) is 0. The predicted molar refractivity (Wildman–Crippen MR) is 98.2 cm³/mol. The van der Waals surface area contributed by atoms with E-state index < -0.39 is 18.2 Å². The molecule has 0 saturated carbocycles. The van der Waals surface area contributed by atoms with Crippen molar-refractivity contribution >= 4 is 17.6 Å². The average molecular weight is 354 g/mol. The highest BCUT2D eigenvalue weighted by atomic mass is 16.5. The number of anilines is 1. The maximum atomic E-state index is 12.7. The van der Waals surface area contributed by atoms with Gasteiger partial charge in [-0.15, -0.1) is 0 Å². The van der Waals surface area contributed by atoms with Crippen molar-refractivity contribution in [1.82, 2.24) is 4.90 Å². The molecule has 2 aromatic rings. The summed E-state index contributed by atoms with van der Waals surface area (Å²) in [5.41, 5.74) is 1.74.